The smallest absolute Gasteiger partial charge is 0.249 e. The fourth-order valence-corrected chi connectivity index (χ4v) is 2.00. The molecule has 1 aromatic rings. The lowest BCUT2D eigenvalue weighted by Crippen LogP contribution is -2.39. The Morgan fingerprint density at radius 1 is 1.65 bits per heavy atom. The fourth-order valence-electron chi connectivity index (χ4n) is 2.00. The van der Waals surface area contributed by atoms with Gasteiger partial charge in [-0.15, -0.1) is 0 Å². The van der Waals surface area contributed by atoms with Gasteiger partial charge in [0.15, 0.2) is 0 Å². The van der Waals surface area contributed by atoms with Gasteiger partial charge in [0.25, 0.3) is 0 Å². The minimum absolute atomic E-state index is 0.0202. The van der Waals surface area contributed by atoms with Gasteiger partial charge in [0, 0.05) is 38.5 Å². The van der Waals surface area contributed by atoms with Crippen LogP contribution in [0.1, 0.15) is 25.0 Å². The zero-order valence-corrected chi connectivity index (χ0v) is 10.2. The second-order valence-corrected chi connectivity index (χ2v) is 4.39. The molecule has 0 radical (unpaired) electrons. The van der Waals surface area contributed by atoms with Gasteiger partial charge in [-0.1, -0.05) is 0 Å². The first-order valence-corrected chi connectivity index (χ1v) is 6.12. The molecule has 1 atom stereocenters. The molecular weight excluding hydrogens is 218 g/mol. The number of rotatable bonds is 4. The normalized spacial score (nSPS) is 20.2. The fraction of sp³-hybridized carbons (Fsp3) is 0.667. The minimum Gasteiger partial charge on any atom is -0.368 e. The minimum atomic E-state index is -0.240. The Bertz CT molecular complexity index is 370. The molecule has 1 saturated heterocycles. The van der Waals surface area contributed by atoms with E-state index in [1.54, 1.807) is 6.33 Å². The highest BCUT2D eigenvalue weighted by Gasteiger charge is 2.21. The molecular formula is C12H19N3O2. The van der Waals surface area contributed by atoms with Crippen molar-refractivity contribution in [3.8, 4) is 0 Å². The molecule has 1 N–H and O–H groups in total. The number of nitrogens with one attached hydrogen (secondary N) is 1. The molecule has 1 fully saturated rings. The van der Waals surface area contributed by atoms with Crippen LogP contribution in [0.2, 0.25) is 0 Å². The summed E-state index contributed by atoms with van der Waals surface area (Å²) in [6.45, 7) is 1.35. The largest absolute Gasteiger partial charge is 0.368 e. The van der Waals surface area contributed by atoms with Crippen LogP contribution in [0.4, 0.5) is 0 Å². The van der Waals surface area contributed by atoms with E-state index in [1.807, 2.05) is 17.8 Å². The lowest BCUT2D eigenvalue weighted by Gasteiger charge is -2.21. The third-order valence-corrected chi connectivity index (χ3v) is 3.07. The first-order chi connectivity index (χ1) is 8.27. The van der Waals surface area contributed by atoms with Crippen molar-refractivity contribution in [2.45, 2.75) is 31.8 Å². The average Bonchev–Trinajstić information content (AvgIpc) is 2.76. The molecule has 5 nitrogen and oxygen atoms in total. The molecule has 1 amide bonds. The third kappa shape index (κ3) is 3.30. The number of aromatic nitrogens is 2. The summed E-state index contributed by atoms with van der Waals surface area (Å²) in [5.74, 6) is 0.0202. The zero-order chi connectivity index (χ0) is 12.1. The molecule has 5 heteroatoms. The number of nitrogens with zero attached hydrogens (tertiary/aromatic N) is 2. The predicted octanol–water partition coefficient (Wildman–Crippen LogP) is 0.648. The van der Waals surface area contributed by atoms with E-state index in [2.05, 4.69) is 10.3 Å². The van der Waals surface area contributed by atoms with Crippen molar-refractivity contribution in [1.29, 1.82) is 0 Å². The molecule has 17 heavy (non-hydrogen) atoms. The maximum atomic E-state index is 11.8. The highest BCUT2D eigenvalue weighted by molar-refractivity contribution is 5.80. The van der Waals surface area contributed by atoms with Crippen LogP contribution in [0.25, 0.3) is 0 Å². The molecule has 2 rings (SSSR count). The monoisotopic (exact) mass is 237 g/mol. The number of ether oxygens (including phenoxy) is 1. The van der Waals surface area contributed by atoms with Crippen LogP contribution in [0.3, 0.4) is 0 Å². The maximum absolute atomic E-state index is 11.8. The number of aryl methyl sites for hydroxylation is 1. The number of hydrogen-bond acceptors (Lipinski definition) is 3. The maximum Gasteiger partial charge on any atom is 0.249 e. The van der Waals surface area contributed by atoms with Crippen LogP contribution in [0.5, 0.6) is 0 Å². The number of amides is 1. The van der Waals surface area contributed by atoms with Gasteiger partial charge in [0.05, 0.1) is 6.33 Å². The molecule has 1 aromatic heterocycles. The molecule has 1 aliphatic heterocycles. The van der Waals surface area contributed by atoms with Gasteiger partial charge >= 0.3 is 0 Å². The van der Waals surface area contributed by atoms with Gasteiger partial charge in [-0.2, -0.15) is 0 Å². The average molecular weight is 237 g/mol. The predicted molar refractivity (Wildman–Crippen MR) is 63.5 cm³/mol. The molecule has 1 aliphatic rings. The van der Waals surface area contributed by atoms with Crippen LogP contribution >= 0.6 is 0 Å². The molecule has 0 aromatic carbocycles. The summed E-state index contributed by atoms with van der Waals surface area (Å²) in [6, 6.07) is 0. The quantitative estimate of drug-likeness (QED) is 0.836. The Hall–Kier alpha value is -1.36. The van der Waals surface area contributed by atoms with Crippen LogP contribution in [0, 0.1) is 0 Å². The van der Waals surface area contributed by atoms with Crippen molar-refractivity contribution < 1.29 is 9.53 Å². The van der Waals surface area contributed by atoms with Crippen molar-refractivity contribution in [1.82, 2.24) is 14.9 Å². The number of carbonyl (C=O) groups excluding carboxylic acids is 1. The van der Waals surface area contributed by atoms with Crippen molar-refractivity contribution in [2.24, 2.45) is 7.05 Å². The van der Waals surface area contributed by atoms with Gasteiger partial charge in [0.1, 0.15) is 6.10 Å². The molecule has 0 saturated carbocycles. The van der Waals surface area contributed by atoms with Crippen molar-refractivity contribution in [3.05, 3.63) is 18.2 Å². The Labute approximate surface area is 101 Å². The Kier molecular flexibility index (Phi) is 4.14. The second-order valence-electron chi connectivity index (χ2n) is 4.39. The molecule has 2 heterocycles. The first kappa shape index (κ1) is 12.1. The Balaban J connectivity index is 1.71. The topological polar surface area (TPSA) is 56.2 Å². The van der Waals surface area contributed by atoms with Crippen molar-refractivity contribution in [2.75, 3.05) is 13.2 Å². The lowest BCUT2D eigenvalue weighted by molar-refractivity contribution is -0.135. The molecule has 0 aliphatic carbocycles. The number of imidazole rings is 1. The van der Waals surface area contributed by atoms with Gasteiger partial charge < -0.3 is 14.6 Å². The molecule has 94 valence electrons. The summed E-state index contributed by atoms with van der Waals surface area (Å²) in [5, 5.41) is 2.91. The summed E-state index contributed by atoms with van der Waals surface area (Å²) < 4.78 is 7.38. The third-order valence-electron chi connectivity index (χ3n) is 3.07. The highest BCUT2D eigenvalue weighted by atomic mass is 16.5. The SMILES string of the molecule is Cn1cncc1CCNC(=O)[C@H]1CCCCO1. The second kappa shape index (κ2) is 5.82. The van der Waals surface area contributed by atoms with E-state index in [0.29, 0.717) is 13.2 Å². The summed E-state index contributed by atoms with van der Waals surface area (Å²) in [6.07, 6.45) is 7.14. The van der Waals surface area contributed by atoms with Gasteiger partial charge in [-0.05, 0) is 19.3 Å². The highest BCUT2D eigenvalue weighted by Crippen LogP contribution is 2.12. The Morgan fingerprint density at radius 3 is 3.18 bits per heavy atom. The van der Waals surface area contributed by atoms with E-state index >= 15 is 0 Å². The standard InChI is InChI=1S/C12H19N3O2/c1-15-9-13-8-10(15)5-6-14-12(16)11-4-2-3-7-17-11/h8-9,11H,2-7H2,1H3,(H,14,16)/t11-/m1/s1. The summed E-state index contributed by atoms with van der Waals surface area (Å²) in [7, 11) is 1.95. The molecule has 0 unspecified atom stereocenters. The van der Waals surface area contributed by atoms with Crippen molar-refractivity contribution >= 4 is 5.91 Å². The van der Waals surface area contributed by atoms with E-state index in [0.717, 1.165) is 31.4 Å². The lowest BCUT2D eigenvalue weighted by atomic mass is 10.1. The van der Waals surface area contributed by atoms with E-state index in [1.165, 1.54) is 0 Å². The zero-order valence-electron chi connectivity index (χ0n) is 10.2. The summed E-state index contributed by atoms with van der Waals surface area (Å²) in [5.41, 5.74) is 1.12. The van der Waals surface area contributed by atoms with E-state index in [9.17, 15) is 4.79 Å². The van der Waals surface area contributed by atoms with E-state index in [4.69, 9.17) is 4.74 Å². The Morgan fingerprint density at radius 2 is 2.53 bits per heavy atom. The van der Waals surface area contributed by atoms with Crippen LogP contribution in [-0.2, 0) is 23.0 Å². The summed E-state index contributed by atoms with van der Waals surface area (Å²) >= 11 is 0. The number of carbonyl (C=O) groups is 1. The molecule has 0 spiro atoms. The van der Waals surface area contributed by atoms with E-state index in [-0.39, 0.29) is 12.0 Å². The molecule has 0 bridgehead atoms. The first-order valence-electron chi connectivity index (χ1n) is 6.12. The van der Waals surface area contributed by atoms with Crippen LogP contribution < -0.4 is 5.32 Å². The van der Waals surface area contributed by atoms with Gasteiger partial charge in [-0.25, -0.2) is 4.98 Å². The number of hydrogen-bond donors (Lipinski definition) is 1. The van der Waals surface area contributed by atoms with Gasteiger partial charge in [-0.3, -0.25) is 4.79 Å². The van der Waals surface area contributed by atoms with E-state index < -0.39 is 0 Å². The van der Waals surface area contributed by atoms with Crippen LogP contribution in [0.15, 0.2) is 12.5 Å². The van der Waals surface area contributed by atoms with Gasteiger partial charge in [0.2, 0.25) is 5.91 Å². The summed E-state index contributed by atoms with van der Waals surface area (Å²) in [4.78, 5) is 15.8. The van der Waals surface area contributed by atoms with Crippen molar-refractivity contribution in [3.63, 3.8) is 0 Å². The van der Waals surface area contributed by atoms with Crippen LogP contribution in [-0.4, -0.2) is 34.7 Å².